The molecule has 1 aromatic carbocycles. The van der Waals surface area contributed by atoms with Crippen molar-refractivity contribution in [1.82, 2.24) is 20.3 Å². The molecule has 1 aliphatic rings. The van der Waals surface area contributed by atoms with Gasteiger partial charge in [-0.05, 0) is 37.2 Å². The number of nitrogens with zero attached hydrogens (tertiary/aromatic N) is 2. The van der Waals surface area contributed by atoms with Crippen molar-refractivity contribution in [3.05, 3.63) is 51.9 Å². The number of hydrogen-bond acceptors (Lipinski definition) is 6. The summed E-state index contributed by atoms with van der Waals surface area (Å²) in [5.41, 5.74) is -3.98. The molecule has 1 atom stereocenters. The summed E-state index contributed by atoms with van der Waals surface area (Å²) in [5.74, 6) is -0.139. The van der Waals surface area contributed by atoms with Crippen molar-refractivity contribution in [2.75, 3.05) is 23.7 Å². The lowest BCUT2D eigenvalue weighted by atomic mass is 10.1. The van der Waals surface area contributed by atoms with E-state index in [9.17, 15) is 31.1 Å². The maximum absolute atomic E-state index is 13.2. The molecule has 1 saturated heterocycles. The number of pyridine rings is 1. The monoisotopic (exact) mass is 458 g/mol. The fourth-order valence-electron chi connectivity index (χ4n) is 3.37. The fourth-order valence-corrected chi connectivity index (χ4v) is 3.37. The maximum atomic E-state index is 13.2. The van der Waals surface area contributed by atoms with Gasteiger partial charge in [-0.25, -0.2) is 4.98 Å². The Bertz CT molecular complexity index is 1170. The molecule has 32 heavy (non-hydrogen) atoms. The zero-order chi connectivity index (χ0) is 23.1. The Morgan fingerprint density at radius 2 is 1.69 bits per heavy atom. The van der Waals surface area contributed by atoms with E-state index in [-0.39, 0.29) is 34.8 Å². The molecule has 1 fully saturated rings. The van der Waals surface area contributed by atoms with E-state index < -0.39 is 34.7 Å². The normalized spacial score (nSPS) is 17.0. The van der Waals surface area contributed by atoms with Gasteiger partial charge >= 0.3 is 12.4 Å². The summed E-state index contributed by atoms with van der Waals surface area (Å²) in [7, 11) is 0. The Labute approximate surface area is 176 Å². The van der Waals surface area contributed by atoms with Crippen molar-refractivity contribution in [3.8, 4) is 0 Å². The van der Waals surface area contributed by atoms with Crippen LogP contribution in [0.3, 0.4) is 0 Å². The lowest BCUT2D eigenvalue weighted by molar-refractivity contribution is -0.143. The SMILES string of the molecule is O=c1[nH]ccc2nc(NC3CCNC3)nc(Nc3cc(C(F)(F)F)cc(C(F)(F)F)c3)c12. The molecule has 1 unspecified atom stereocenters. The van der Waals surface area contributed by atoms with Crippen LogP contribution in [-0.4, -0.2) is 34.1 Å². The van der Waals surface area contributed by atoms with Gasteiger partial charge in [0.05, 0.1) is 16.6 Å². The summed E-state index contributed by atoms with van der Waals surface area (Å²) in [6, 6.07) is 2.50. The molecule has 0 saturated carbocycles. The van der Waals surface area contributed by atoms with E-state index >= 15 is 0 Å². The van der Waals surface area contributed by atoms with E-state index in [0.717, 1.165) is 13.0 Å². The molecule has 4 N–H and O–H groups in total. The predicted molar refractivity (Wildman–Crippen MR) is 105 cm³/mol. The Balaban J connectivity index is 1.81. The summed E-state index contributed by atoms with van der Waals surface area (Å²) < 4.78 is 79.2. The number of nitrogens with one attached hydrogen (secondary N) is 4. The summed E-state index contributed by atoms with van der Waals surface area (Å²) in [4.78, 5) is 23.1. The Morgan fingerprint density at radius 3 is 2.28 bits per heavy atom. The third-order valence-electron chi connectivity index (χ3n) is 4.86. The first-order valence-electron chi connectivity index (χ1n) is 9.44. The molecule has 0 amide bonds. The van der Waals surface area contributed by atoms with Crippen molar-refractivity contribution >= 4 is 28.4 Å². The van der Waals surface area contributed by atoms with Crippen LogP contribution in [0.5, 0.6) is 0 Å². The minimum Gasteiger partial charge on any atom is -0.350 e. The van der Waals surface area contributed by atoms with Gasteiger partial charge in [-0.1, -0.05) is 0 Å². The van der Waals surface area contributed by atoms with Crippen molar-refractivity contribution in [3.63, 3.8) is 0 Å². The minimum atomic E-state index is -5.01. The molecule has 3 heterocycles. The van der Waals surface area contributed by atoms with Crippen molar-refractivity contribution < 1.29 is 26.3 Å². The smallest absolute Gasteiger partial charge is 0.350 e. The first kappa shape index (κ1) is 21.9. The number of halogens is 6. The second-order valence-corrected chi connectivity index (χ2v) is 7.22. The van der Waals surface area contributed by atoms with Crippen LogP contribution in [0.1, 0.15) is 17.5 Å². The second-order valence-electron chi connectivity index (χ2n) is 7.22. The van der Waals surface area contributed by atoms with Crippen LogP contribution >= 0.6 is 0 Å². The molecule has 0 radical (unpaired) electrons. The first-order chi connectivity index (χ1) is 15.0. The van der Waals surface area contributed by atoms with Crippen LogP contribution < -0.4 is 21.5 Å². The second kappa shape index (κ2) is 7.97. The van der Waals surface area contributed by atoms with E-state index in [4.69, 9.17) is 0 Å². The molecule has 170 valence electrons. The van der Waals surface area contributed by atoms with Crippen molar-refractivity contribution in [2.45, 2.75) is 24.8 Å². The molecule has 1 aliphatic heterocycles. The summed E-state index contributed by atoms with van der Waals surface area (Å²) in [6.45, 7) is 1.39. The highest BCUT2D eigenvalue weighted by atomic mass is 19.4. The average Bonchev–Trinajstić information content (AvgIpc) is 3.19. The van der Waals surface area contributed by atoms with Crippen molar-refractivity contribution in [2.24, 2.45) is 0 Å². The number of hydrogen-bond donors (Lipinski definition) is 4. The van der Waals surface area contributed by atoms with Crippen LogP contribution in [0.25, 0.3) is 10.9 Å². The van der Waals surface area contributed by atoms with Gasteiger partial charge in [0.1, 0.15) is 11.2 Å². The summed E-state index contributed by atoms with van der Waals surface area (Å²) in [6.07, 6.45) is -7.92. The van der Waals surface area contributed by atoms with Gasteiger partial charge in [-0.15, -0.1) is 0 Å². The topological polar surface area (TPSA) is 94.7 Å². The third-order valence-corrected chi connectivity index (χ3v) is 4.86. The molecular formula is C19H16F6N6O. The number of benzene rings is 1. The van der Waals surface area contributed by atoms with Crippen LogP contribution in [0, 0.1) is 0 Å². The largest absolute Gasteiger partial charge is 0.416 e. The number of H-pyrrole nitrogens is 1. The Morgan fingerprint density at radius 1 is 1.00 bits per heavy atom. The van der Waals surface area contributed by atoms with Gasteiger partial charge in [0.15, 0.2) is 0 Å². The highest BCUT2D eigenvalue weighted by molar-refractivity contribution is 5.91. The molecule has 0 bridgehead atoms. The molecule has 7 nitrogen and oxygen atoms in total. The standard InChI is InChI=1S/C19H16F6N6O/c20-18(21,22)9-5-10(19(23,24)25)7-12(6-9)28-15-14-13(2-4-27-16(14)32)30-17(31-15)29-11-1-3-26-8-11/h2,4-7,11,26H,1,3,8H2,(H,27,32)(H2,28,29,30,31). The quantitative estimate of drug-likeness (QED) is 0.444. The molecule has 4 rings (SSSR count). The number of anilines is 3. The molecule has 2 aromatic heterocycles. The fraction of sp³-hybridized carbons (Fsp3) is 0.316. The number of aromatic nitrogens is 3. The van der Waals surface area contributed by atoms with E-state index in [1.165, 1.54) is 12.3 Å². The van der Waals surface area contributed by atoms with Crippen LogP contribution in [0.4, 0.5) is 43.8 Å². The maximum Gasteiger partial charge on any atom is 0.416 e. The molecule has 0 aliphatic carbocycles. The van der Waals surface area contributed by atoms with E-state index in [1.807, 2.05) is 0 Å². The molecule has 3 aromatic rings. The van der Waals surface area contributed by atoms with Crippen LogP contribution in [0.15, 0.2) is 35.3 Å². The zero-order valence-corrected chi connectivity index (χ0v) is 16.2. The van der Waals surface area contributed by atoms with E-state index in [2.05, 4.69) is 30.9 Å². The van der Waals surface area contributed by atoms with Gasteiger partial charge in [-0.3, -0.25) is 4.79 Å². The lowest BCUT2D eigenvalue weighted by Gasteiger charge is -2.17. The van der Waals surface area contributed by atoms with Gasteiger partial charge < -0.3 is 20.9 Å². The number of alkyl halides is 6. The molecule has 0 spiro atoms. The Kier molecular flexibility index (Phi) is 5.44. The van der Waals surface area contributed by atoms with Crippen LogP contribution in [0.2, 0.25) is 0 Å². The zero-order valence-electron chi connectivity index (χ0n) is 16.2. The van der Waals surface area contributed by atoms with Crippen molar-refractivity contribution in [1.29, 1.82) is 0 Å². The molecule has 13 heteroatoms. The number of aromatic amines is 1. The lowest BCUT2D eigenvalue weighted by Crippen LogP contribution is -2.24. The summed E-state index contributed by atoms with van der Waals surface area (Å²) >= 11 is 0. The Hall–Kier alpha value is -3.35. The van der Waals surface area contributed by atoms with Gasteiger partial charge in [0.2, 0.25) is 5.95 Å². The third kappa shape index (κ3) is 4.61. The van der Waals surface area contributed by atoms with E-state index in [1.54, 1.807) is 0 Å². The first-order valence-corrected chi connectivity index (χ1v) is 9.44. The number of fused-ring (bicyclic) bond motifs is 1. The van der Waals surface area contributed by atoms with E-state index in [0.29, 0.717) is 18.7 Å². The predicted octanol–water partition coefficient (Wildman–Crippen LogP) is 3.87. The van der Waals surface area contributed by atoms with Gasteiger partial charge in [0.25, 0.3) is 5.56 Å². The average molecular weight is 458 g/mol. The minimum absolute atomic E-state index is 0.0207. The molecular weight excluding hydrogens is 442 g/mol. The van der Waals surface area contributed by atoms with Gasteiger partial charge in [-0.2, -0.15) is 31.3 Å². The highest BCUT2D eigenvalue weighted by Gasteiger charge is 2.37. The van der Waals surface area contributed by atoms with Gasteiger partial charge in [0, 0.05) is 24.5 Å². The number of rotatable bonds is 4. The summed E-state index contributed by atoms with van der Waals surface area (Å²) in [5, 5.41) is 8.53. The van der Waals surface area contributed by atoms with Crippen LogP contribution in [-0.2, 0) is 12.4 Å². The highest BCUT2D eigenvalue weighted by Crippen LogP contribution is 2.38.